The fraction of sp³-hybridized carbons (Fsp3) is 0.286. The Kier molecular flexibility index (Phi) is 7.31. The first-order chi connectivity index (χ1) is 15.2. The van der Waals surface area contributed by atoms with Crippen molar-refractivity contribution in [2.45, 2.75) is 25.7 Å². The second-order valence-electron chi connectivity index (χ2n) is 6.71. The van der Waals surface area contributed by atoms with Crippen LogP contribution in [-0.2, 0) is 19.1 Å². The molecular formula is C21H20N2O7S2. The first kappa shape index (κ1) is 23.5. The molecule has 0 radical (unpaired) electrons. The molecular weight excluding hydrogens is 456 g/mol. The van der Waals surface area contributed by atoms with Crippen LogP contribution in [0.15, 0.2) is 23.1 Å². The topological polar surface area (TPSA) is 128 Å². The van der Waals surface area contributed by atoms with E-state index in [9.17, 15) is 24.0 Å². The van der Waals surface area contributed by atoms with Gasteiger partial charge in [0.05, 0.1) is 34.1 Å². The minimum absolute atomic E-state index is 0.102. The third-order valence-electron chi connectivity index (χ3n) is 4.38. The number of Topliss-reactive ketones (excluding diaryl/α,β-unsaturated/α-hetero) is 1. The lowest BCUT2D eigenvalue weighted by molar-refractivity contribution is -0.119. The molecule has 0 saturated heterocycles. The number of nitrogens with one attached hydrogen (secondary N) is 2. The summed E-state index contributed by atoms with van der Waals surface area (Å²) >= 11 is 2.32. The second kappa shape index (κ2) is 9.96. The van der Waals surface area contributed by atoms with Gasteiger partial charge in [0.25, 0.3) is 5.91 Å². The van der Waals surface area contributed by atoms with E-state index in [1.165, 1.54) is 24.8 Å². The summed E-state index contributed by atoms with van der Waals surface area (Å²) in [7, 11) is 0. The lowest BCUT2D eigenvalue weighted by Crippen LogP contribution is -2.22. The molecule has 168 valence electrons. The Morgan fingerprint density at radius 3 is 2.59 bits per heavy atom. The van der Waals surface area contributed by atoms with Crippen molar-refractivity contribution >= 4 is 63.3 Å². The fourth-order valence-corrected chi connectivity index (χ4v) is 4.87. The zero-order chi connectivity index (χ0) is 23.4. The van der Waals surface area contributed by atoms with Gasteiger partial charge in [0.15, 0.2) is 12.4 Å². The molecule has 0 bridgehead atoms. The van der Waals surface area contributed by atoms with Crippen molar-refractivity contribution in [1.29, 1.82) is 0 Å². The highest BCUT2D eigenvalue weighted by atomic mass is 32.2. The molecule has 2 aromatic rings. The normalized spacial score (nSPS) is 12.4. The van der Waals surface area contributed by atoms with Crippen LogP contribution in [0.4, 0.5) is 10.7 Å². The van der Waals surface area contributed by atoms with E-state index in [1.54, 1.807) is 26.0 Å². The molecule has 1 aromatic carbocycles. The van der Waals surface area contributed by atoms with Crippen molar-refractivity contribution in [2.75, 3.05) is 29.6 Å². The van der Waals surface area contributed by atoms with Crippen molar-refractivity contribution in [3.8, 4) is 0 Å². The van der Waals surface area contributed by atoms with Crippen LogP contribution in [0, 0.1) is 6.92 Å². The lowest BCUT2D eigenvalue weighted by Gasteiger charge is -2.16. The number of amides is 2. The summed E-state index contributed by atoms with van der Waals surface area (Å²) in [6.07, 6.45) is 0. The SMILES string of the molecule is CCOC(=O)c1c(NC(=O)COC(=O)c2ccc3c(c2)NC(=O)CS3)sc(C(C)=O)c1C. The van der Waals surface area contributed by atoms with E-state index in [-0.39, 0.29) is 34.4 Å². The van der Waals surface area contributed by atoms with E-state index < -0.39 is 24.5 Å². The second-order valence-corrected chi connectivity index (χ2v) is 8.75. The summed E-state index contributed by atoms with van der Waals surface area (Å²) < 4.78 is 10.1. The number of ketones is 1. The zero-order valence-electron chi connectivity index (χ0n) is 17.5. The fourth-order valence-electron chi connectivity index (χ4n) is 2.97. The molecule has 0 atom stereocenters. The first-order valence-corrected chi connectivity index (χ1v) is 11.4. The number of carbonyl (C=O) groups excluding carboxylic acids is 5. The summed E-state index contributed by atoms with van der Waals surface area (Å²) in [5.41, 5.74) is 1.21. The highest BCUT2D eigenvalue weighted by molar-refractivity contribution is 8.00. The van der Waals surface area contributed by atoms with E-state index in [0.717, 1.165) is 16.2 Å². The van der Waals surface area contributed by atoms with Crippen molar-refractivity contribution in [3.63, 3.8) is 0 Å². The van der Waals surface area contributed by atoms with Crippen LogP contribution in [0.5, 0.6) is 0 Å². The number of fused-ring (bicyclic) bond motifs is 1. The molecule has 0 spiro atoms. The van der Waals surface area contributed by atoms with Gasteiger partial charge in [-0.15, -0.1) is 23.1 Å². The predicted molar refractivity (Wildman–Crippen MR) is 120 cm³/mol. The smallest absolute Gasteiger partial charge is 0.341 e. The predicted octanol–water partition coefficient (Wildman–Crippen LogP) is 3.28. The quantitative estimate of drug-likeness (QED) is 0.460. The maximum absolute atomic E-state index is 12.4. The maximum atomic E-state index is 12.4. The number of thiophene rings is 1. The molecule has 0 unspecified atom stereocenters. The van der Waals surface area contributed by atoms with Gasteiger partial charge < -0.3 is 20.1 Å². The summed E-state index contributed by atoms with van der Waals surface area (Å²) in [6.45, 7) is 4.14. The van der Waals surface area contributed by atoms with Crippen molar-refractivity contribution in [2.24, 2.45) is 0 Å². The van der Waals surface area contributed by atoms with Crippen molar-refractivity contribution < 1.29 is 33.4 Å². The highest BCUT2D eigenvalue weighted by Crippen LogP contribution is 2.34. The van der Waals surface area contributed by atoms with Crippen molar-refractivity contribution in [3.05, 3.63) is 39.8 Å². The van der Waals surface area contributed by atoms with Crippen LogP contribution in [0.25, 0.3) is 0 Å². The Labute approximate surface area is 191 Å². The van der Waals surface area contributed by atoms with Gasteiger partial charge in [0.1, 0.15) is 5.00 Å². The lowest BCUT2D eigenvalue weighted by atomic mass is 10.1. The third kappa shape index (κ3) is 5.17. The highest BCUT2D eigenvalue weighted by Gasteiger charge is 2.25. The Bertz CT molecular complexity index is 1120. The third-order valence-corrected chi connectivity index (χ3v) is 6.76. The summed E-state index contributed by atoms with van der Waals surface area (Å²) in [5.74, 6) is -2.19. The number of hydrogen-bond acceptors (Lipinski definition) is 9. The molecule has 0 fully saturated rings. The Balaban J connectivity index is 1.68. The maximum Gasteiger partial charge on any atom is 0.341 e. The largest absolute Gasteiger partial charge is 0.462 e. The molecule has 1 aliphatic heterocycles. The molecule has 32 heavy (non-hydrogen) atoms. The molecule has 2 N–H and O–H groups in total. The molecule has 11 heteroatoms. The number of hydrogen-bond donors (Lipinski definition) is 2. The Morgan fingerprint density at radius 1 is 1.16 bits per heavy atom. The number of carbonyl (C=O) groups is 5. The molecule has 2 amide bonds. The number of ether oxygens (including phenoxy) is 2. The van der Waals surface area contributed by atoms with Gasteiger partial charge in [0, 0.05) is 4.90 Å². The van der Waals surface area contributed by atoms with Crippen LogP contribution < -0.4 is 10.6 Å². The molecule has 1 aromatic heterocycles. The van der Waals surface area contributed by atoms with Crippen LogP contribution in [-0.4, -0.2) is 48.5 Å². The molecule has 9 nitrogen and oxygen atoms in total. The number of esters is 2. The van der Waals surface area contributed by atoms with Gasteiger partial charge in [-0.05, 0) is 44.5 Å². The monoisotopic (exact) mass is 476 g/mol. The van der Waals surface area contributed by atoms with E-state index in [1.807, 2.05) is 0 Å². The Hall–Kier alpha value is -3.18. The Morgan fingerprint density at radius 2 is 1.91 bits per heavy atom. The zero-order valence-corrected chi connectivity index (χ0v) is 19.2. The van der Waals surface area contributed by atoms with Crippen LogP contribution in [0.1, 0.15) is 49.8 Å². The molecule has 3 rings (SSSR count). The van der Waals surface area contributed by atoms with Crippen LogP contribution in [0.3, 0.4) is 0 Å². The minimum Gasteiger partial charge on any atom is -0.462 e. The van der Waals surface area contributed by atoms with Gasteiger partial charge in [-0.2, -0.15) is 0 Å². The van der Waals surface area contributed by atoms with Crippen LogP contribution >= 0.6 is 23.1 Å². The van der Waals surface area contributed by atoms with E-state index in [2.05, 4.69) is 10.6 Å². The van der Waals surface area contributed by atoms with E-state index in [0.29, 0.717) is 21.9 Å². The number of benzene rings is 1. The van der Waals surface area contributed by atoms with E-state index >= 15 is 0 Å². The summed E-state index contributed by atoms with van der Waals surface area (Å²) in [6, 6.07) is 4.73. The van der Waals surface area contributed by atoms with E-state index in [4.69, 9.17) is 9.47 Å². The summed E-state index contributed by atoms with van der Waals surface area (Å²) in [4.78, 5) is 61.5. The molecule has 2 heterocycles. The average Bonchev–Trinajstić information content (AvgIpc) is 3.07. The first-order valence-electron chi connectivity index (χ1n) is 9.56. The molecule has 0 saturated carbocycles. The van der Waals surface area contributed by atoms with Gasteiger partial charge in [0.2, 0.25) is 5.91 Å². The van der Waals surface area contributed by atoms with Crippen molar-refractivity contribution in [1.82, 2.24) is 0 Å². The van der Waals surface area contributed by atoms with Gasteiger partial charge in [-0.1, -0.05) is 0 Å². The van der Waals surface area contributed by atoms with Crippen LogP contribution in [0.2, 0.25) is 0 Å². The number of anilines is 2. The number of rotatable bonds is 7. The average molecular weight is 477 g/mol. The molecule has 0 aliphatic carbocycles. The number of thioether (sulfide) groups is 1. The van der Waals surface area contributed by atoms with Gasteiger partial charge >= 0.3 is 11.9 Å². The standard InChI is InChI=1S/C21H20N2O7S2/c1-4-29-21(28)17-10(2)18(11(3)24)32-19(17)23-15(25)8-30-20(27)12-5-6-14-13(7-12)22-16(26)9-31-14/h5-7H,4,8-9H2,1-3H3,(H,22,26)(H,23,25). The van der Waals surface area contributed by atoms with Gasteiger partial charge in [-0.25, -0.2) is 9.59 Å². The minimum atomic E-state index is -0.745. The summed E-state index contributed by atoms with van der Waals surface area (Å²) in [5, 5.41) is 5.35. The molecule has 1 aliphatic rings. The van der Waals surface area contributed by atoms with Gasteiger partial charge in [-0.3, -0.25) is 14.4 Å².